The second-order valence-corrected chi connectivity index (χ2v) is 14.1. The number of ether oxygens (including phenoxy) is 6. The zero-order chi connectivity index (χ0) is 37.5. The van der Waals surface area contributed by atoms with Gasteiger partial charge in [0.05, 0.1) is 20.8 Å². The second kappa shape index (κ2) is 14.6. The van der Waals surface area contributed by atoms with E-state index in [1.165, 1.54) is 6.33 Å². The maximum absolute atomic E-state index is 13.1. The highest BCUT2D eigenvalue weighted by atomic mass is 79.9. The van der Waals surface area contributed by atoms with Crippen molar-refractivity contribution in [2.24, 2.45) is 0 Å². The Morgan fingerprint density at radius 2 is 1.39 bits per heavy atom. The number of rotatable bonds is 11. The molecule has 6 aromatic rings. The first kappa shape index (κ1) is 35.8. The van der Waals surface area contributed by atoms with Gasteiger partial charge in [-0.05, 0) is 82.9 Å². The zero-order valence-corrected chi connectivity index (χ0v) is 31.6. The van der Waals surface area contributed by atoms with Gasteiger partial charge in [-0.25, -0.2) is 15.0 Å². The van der Waals surface area contributed by atoms with E-state index in [0.717, 1.165) is 28.2 Å². The molecule has 2 fully saturated rings. The molecular formula is C41H38BrN5O7. The maximum atomic E-state index is 13.1. The zero-order valence-electron chi connectivity index (χ0n) is 30.0. The Hall–Kier alpha value is -5.18. The summed E-state index contributed by atoms with van der Waals surface area (Å²) < 4.78 is 40.4. The van der Waals surface area contributed by atoms with Crippen molar-refractivity contribution < 1.29 is 33.2 Å². The normalized spacial score (nSPS) is 20.5. The fraction of sp³-hybridized carbons (Fsp3) is 0.268. The monoisotopic (exact) mass is 791 g/mol. The summed E-state index contributed by atoms with van der Waals surface area (Å²) in [6.45, 7) is 3.87. The molecule has 0 aliphatic carbocycles. The molecule has 2 aliphatic heterocycles. The number of methoxy groups -OCH3 is 2. The van der Waals surface area contributed by atoms with Crippen LogP contribution < -0.4 is 14.8 Å². The SMILES string of the molecule is COc1ccc(C(OC[C@H]2O[C@@H](n3c(Br)nc4c(NC(=O)c5ccccc5)ncnc43)[C@@H]3OC(C)(C)O[C@@H]32)(c2ccccc2)c2ccc(OC)cc2)cc1. The maximum Gasteiger partial charge on any atom is 0.256 e. The molecule has 2 saturated heterocycles. The standard InChI is InChI=1S/C41H38BrN5O7/c1-40(2)53-33-31(23-51-41(26-13-9-6-10-14-26,27-15-19-29(49-3)20-16-27)28-17-21-30(50-4)22-18-28)52-38(34(33)54-40)47-36-32(45-39(47)42)35(43-24-44-36)46-37(48)25-11-7-5-8-12-25/h5-22,24,31,33-34,38H,23H2,1-4H3,(H,43,44,46,48)/t31-,33-,34-,38-/m1/s1. The molecule has 276 valence electrons. The lowest BCUT2D eigenvalue weighted by Gasteiger charge is -2.37. The molecular weight excluding hydrogens is 754 g/mol. The number of carbonyl (C=O) groups excluding carboxylic acids is 1. The topological polar surface area (TPSA) is 128 Å². The quantitative estimate of drug-likeness (QED) is 0.106. The fourth-order valence-corrected chi connectivity index (χ4v) is 7.80. The molecule has 1 N–H and O–H groups in total. The van der Waals surface area contributed by atoms with Crippen molar-refractivity contribution in [3.8, 4) is 11.5 Å². The van der Waals surface area contributed by atoms with E-state index in [-0.39, 0.29) is 18.3 Å². The first-order valence-corrected chi connectivity index (χ1v) is 18.2. The predicted octanol–water partition coefficient (Wildman–Crippen LogP) is 7.28. The summed E-state index contributed by atoms with van der Waals surface area (Å²) in [4.78, 5) is 26.7. The molecule has 8 rings (SSSR count). The minimum Gasteiger partial charge on any atom is -0.497 e. The van der Waals surface area contributed by atoms with Gasteiger partial charge < -0.3 is 33.7 Å². The number of nitrogens with zero attached hydrogens (tertiary/aromatic N) is 4. The van der Waals surface area contributed by atoms with Gasteiger partial charge in [-0.3, -0.25) is 9.36 Å². The number of aromatic nitrogens is 4. The van der Waals surface area contributed by atoms with E-state index in [1.54, 1.807) is 43.1 Å². The second-order valence-electron chi connectivity index (χ2n) is 13.4. The summed E-state index contributed by atoms with van der Waals surface area (Å²) in [5, 5.41) is 2.88. The third kappa shape index (κ3) is 6.52. The van der Waals surface area contributed by atoms with Crippen molar-refractivity contribution in [3.05, 3.63) is 143 Å². The number of benzene rings is 4. The Bertz CT molecular complexity index is 2200. The Balaban J connectivity index is 1.17. The molecule has 13 heteroatoms. The number of nitrogens with one attached hydrogen (secondary N) is 1. The van der Waals surface area contributed by atoms with E-state index in [9.17, 15) is 4.79 Å². The molecule has 4 heterocycles. The Morgan fingerprint density at radius 1 is 0.815 bits per heavy atom. The fourth-order valence-electron chi connectivity index (χ4n) is 7.25. The van der Waals surface area contributed by atoms with E-state index in [0.29, 0.717) is 21.5 Å². The van der Waals surface area contributed by atoms with Gasteiger partial charge in [0.2, 0.25) is 0 Å². The molecule has 4 aromatic carbocycles. The van der Waals surface area contributed by atoms with Crippen LogP contribution in [0, 0.1) is 0 Å². The van der Waals surface area contributed by atoms with E-state index >= 15 is 0 Å². The molecule has 2 aliphatic rings. The number of fused-ring (bicyclic) bond motifs is 2. The number of carbonyl (C=O) groups is 1. The van der Waals surface area contributed by atoms with Gasteiger partial charge in [0.1, 0.15) is 41.7 Å². The number of amides is 1. The van der Waals surface area contributed by atoms with Crippen LogP contribution in [0.2, 0.25) is 0 Å². The average molecular weight is 793 g/mol. The van der Waals surface area contributed by atoms with Crippen molar-refractivity contribution in [1.82, 2.24) is 19.5 Å². The van der Waals surface area contributed by atoms with Crippen molar-refractivity contribution in [3.63, 3.8) is 0 Å². The van der Waals surface area contributed by atoms with Crippen LogP contribution in [0.25, 0.3) is 11.2 Å². The lowest BCUT2D eigenvalue weighted by Crippen LogP contribution is -2.39. The van der Waals surface area contributed by atoms with Crippen LogP contribution in [0.3, 0.4) is 0 Å². The summed E-state index contributed by atoms with van der Waals surface area (Å²) in [5.41, 5.74) is 2.93. The molecule has 0 radical (unpaired) electrons. The van der Waals surface area contributed by atoms with Crippen molar-refractivity contribution >= 4 is 38.8 Å². The lowest BCUT2D eigenvalue weighted by atomic mass is 9.80. The predicted molar refractivity (Wildman–Crippen MR) is 203 cm³/mol. The van der Waals surface area contributed by atoms with Gasteiger partial charge >= 0.3 is 0 Å². The third-order valence-corrected chi connectivity index (χ3v) is 10.3. The highest BCUT2D eigenvalue weighted by molar-refractivity contribution is 9.10. The third-order valence-electron chi connectivity index (χ3n) is 9.72. The summed E-state index contributed by atoms with van der Waals surface area (Å²) in [6.07, 6.45) is -1.02. The minimum atomic E-state index is -1.08. The number of anilines is 1. The number of hydrogen-bond acceptors (Lipinski definition) is 10. The lowest BCUT2D eigenvalue weighted by molar-refractivity contribution is -0.205. The van der Waals surface area contributed by atoms with E-state index in [4.69, 9.17) is 33.4 Å². The minimum absolute atomic E-state index is 0.113. The molecule has 2 aromatic heterocycles. The summed E-state index contributed by atoms with van der Waals surface area (Å²) in [5.74, 6) is 0.483. The first-order chi connectivity index (χ1) is 26.2. The summed E-state index contributed by atoms with van der Waals surface area (Å²) in [6, 6.07) is 34.7. The largest absolute Gasteiger partial charge is 0.497 e. The van der Waals surface area contributed by atoms with Crippen LogP contribution in [-0.2, 0) is 24.5 Å². The van der Waals surface area contributed by atoms with Crippen LogP contribution in [0.5, 0.6) is 11.5 Å². The van der Waals surface area contributed by atoms with E-state index < -0.39 is 35.9 Å². The van der Waals surface area contributed by atoms with Gasteiger partial charge in [0.15, 0.2) is 33.7 Å². The average Bonchev–Trinajstić information content (AvgIpc) is 3.83. The highest BCUT2D eigenvalue weighted by Gasteiger charge is 2.57. The molecule has 0 saturated carbocycles. The van der Waals surface area contributed by atoms with Crippen LogP contribution in [0.15, 0.2) is 120 Å². The van der Waals surface area contributed by atoms with Crippen LogP contribution in [0.4, 0.5) is 5.82 Å². The van der Waals surface area contributed by atoms with Crippen LogP contribution in [-0.4, -0.2) is 70.4 Å². The van der Waals surface area contributed by atoms with Crippen molar-refractivity contribution in [2.45, 2.75) is 49.8 Å². The van der Waals surface area contributed by atoms with Crippen molar-refractivity contribution in [1.29, 1.82) is 0 Å². The summed E-state index contributed by atoms with van der Waals surface area (Å²) >= 11 is 3.64. The first-order valence-electron chi connectivity index (χ1n) is 17.5. The van der Waals surface area contributed by atoms with Gasteiger partial charge in [0.25, 0.3) is 5.91 Å². The van der Waals surface area contributed by atoms with E-state index in [2.05, 4.69) is 43.3 Å². The molecule has 12 nitrogen and oxygen atoms in total. The van der Waals surface area contributed by atoms with Gasteiger partial charge in [-0.2, -0.15) is 0 Å². The van der Waals surface area contributed by atoms with Gasteiger partial charge in [-0.15, -0.1) is 0 Å². The highest BCUT2D eigenvalue weighted by Crippen LogP contribution is 2.47. The molecule has 54 heavy (non-hydrogen) atoms. The summed E-state index contributed by atoms with van der Waals surface area (Å²) in [7, 11) is 3.29. The van der Waals surface area contributed by atoms with Crippen LogP contribution >= 0.6 is 15.9 Å². The molecule has 0 spiro atoms. The number of imidazole rings is 1. The smallest absolute Gasteiger partial charge is 0.256 e. The Morgan fingerprint density at radius 3 is 2.00 bits per heavy atom. The Kier molecular flexibility index (Phi) is 9.67. The number of hydrogen-bond donors (Lipinski definition) is 1. The molecule has 1 amide bonds. The van der Waals surface area contributed by atoms with Crippen LogP contribution in [0.1, 0.15) is 47.1 Å². The van der Waals surface area contributed by atoms with Gasteiger partial charge in [0, 0.05) is 5.56 Å². The molecule has 0 unspecified atom stereocenters. The van der Waals surface area contributed by atoms with E-state index in [1.807, 2.05) is 86.6 Å². The Labute approximate surface area is 320 Å². The number of halogens is 1. The molecule has 4 atom stereocenters. The van der Waals surface area contributed by atoms with Crippen molar-refractivity contribution in [2.75, 3.05) is 26.1 Å². The van der Waals surface area contributed by atoms with Gasteiger partial charge in [-0.1, -0.05) is 72.8 Å². The molecule has 0 bridgehead atoms.